The second-order valence-electron chi connectivity index (χ2n) is 5.59. The minimum Gasteiger partial charge on any atom is -0.425 e. The summed E-state index contributed by atoms with van der Waals surface area (Å²) in [6.07, 6.45) is 4.54. The van der Waals surface area contributed by atoms with Crippen molar-refractivity contribution in [1.82, 2.24) is 15.5 Å². The molecule has 0 aliphatic heterocycles. The van der Waals surface area contributed by atoms with E-state index in [-0.39, 0.29) is 5.54 Å². The largest absolute Gasteiger partial charge is 0.425 e. The van der Waals surface area contributed by atoms with E-state index < -0.39 is 0 Å². The molecule has 0 unspecified atom stereocenters. The van der Waals surface area contributed by atoms with Gasteiger partial charge in [0.15, 0.2) is 0 Å². The van der Waals surface area contributed by atoms with Crippen molar-refractivity contribution in [2.75, 3.05) is 6.54 Å². The van der Waals surface area contributed by atoms with Crippen molar-refractivity contribution in [3.63, 3.8) is 0 Å². The van der Waals surface area contributed by atoms with Crippen LogP contribution in [-0.4, -0.2) is 22.3 Å². The Morgan fingerprint density at radius 1 is 1.31 bits per heavy atom. The first-order valence-corrected chi connectivity index (χ1v) is 6.12. The first-order valence-electron chi connectivity index (χ1n) is 6.12. The lowest BCUT2D eigenvalue weighted by Gasteiger charge is -2.21. The van der Waals surface area contributed by atoms with Crippen LogP contribution in [0.4, 0.5) is 0 Å². The normalized spacial score (nSPS) is 17.4. The fraction of sp³-hybridized carbons (Fsp3) is 0.833. The molecule has 4 heteroatoms. The quantitative estimate of drug-likeness (QED) is 0.850. The van der Waals surface area contributed by atoms with Gasteiger partial charge >= 0.3 is 0 Å². The Labute approximate surface area is 96.8 Å². The van der Waals surface area contributed by atoms with Crippen LogP contribution in [-0.2, 0) is 6.42 Å². The van der Waals surface area contributed by atoms with Crippen molar-refractivity contribution in [2.45, 2.75) is 57.9 Å². The number of rotatable bonds is 4. The fourth-order valence-corrected chi connectivity index (χ4v) is 1.73. The lowest BCUT2D eigenvalue weighted by molar-refractivity contribution is 0.322. The molecular formula is C12H21N3O. The average molecular weight is 223 g/mol. The first-order chi connectivity index (χ1) is 7.54. The summed E-state index contributed by atoms with van der Waals surface area (Å²) in [5.74, 6) is 2.15. The highest BCUT2D eigenvalue weighted by atomic mass is 16.4. The van der Waals surface area contributed by atoms with Crippen LogP contribution in [0.25, 0.3) is 0 Å². The molecule has 1 saturated carbocycles. The molecule has 0 bridgehead atoms. The van der Waals surface area contributed by atoms with Gasteiger partial charge < -0.3 is 9.73 Å². The van der Waals surface area contributed by atoms with Crippen LogP contribution in [0.2, 0.25) is 0 Å². The molecule has 1 aromatic rings. The van der Waals surface area contributed by atoms with Crippen LogP contribution in [0.15, 0.2) is 4.42 Å². The van der Waals surface area contributed by atoms with Gasteiger partial charge in [-0.15, -0.1) is 10.2 Å². The molecule has 0 radical (unpaired) electrons. The Morgan fingerprint density at radius 2 is 2.06 bits per heavy atom. The highest BCUT2D eigenvalue weighted by Crippen LogP contribution is 2.35. The van der Waals surface area contributed by atoms with Crippen LogP contribution in [0, 0.1) is 0 Å². The van der Waals surface area contributed by atoms with Gasteiger partial charge in [0.1, 0.15) is 0 Å². The molecule has 0 amide bonds. The minimum absolute atomic E-state index is 0.150. The third kappa shape index (κ3) is 3.04. The molecule has 1 aliphatic rings. The Bertz CT molecular complexity index is 336. The van der Waals surface area contributed by atoms with Gasteiger partial charge in [-0.2, -0.15) is 0 Å². The van der Waals surface area contributed by atoms with Crippen molar-refractivity contribution in [2.24, 2.45) is 0 Å². The molecule has 90 valence electrons. The van der Waals surface area contributed by atoms with Gasteiger partial charge in [0.05, 0.1) is 0 Å². The van der Waals surface area contributed by atoms with E-state index in [0.717, 1.165) is 24.7 Å². The Morgan fingerprint density at radius 3 is 2.62 bits per heavy atom. The number of nitrogens with zero attached hydrogens (tertiary/aromatic N) is 2. The summed E-state index contributed by atoms with van der Waals surface area (Å²) >= 11 is 0. The zero-order valence-corrected chi connectivity index (χ0v) is 10.4. The third-order valence-corrected chi connectivity index (χ3v) is 2.93. The van der Waals surface area contributed by atoms with Crippen LogP contribution < -0.4 is 5.32 Å². The lowest BCUT2D eigenvalue weighted by atomic mass is 9.85. The van der Waals surface area contributed by atoms with E-state index >= 15 is 0 Å². The molecule has 2 rings (SSSR count). The molecule has 0 spiro atoms. The van der Waals surface area contributed by atoms with E-state index in [1.54, 1.807) is 0 Å². The molecule has 0 atom stereocenters. The maximum atomic E-state index is 5.64. The van der Waals surface area contributed by atoms with E-state index in [0.29, 0.717) is 5.92 Å². The summed E-state index contributed by atoms with van der Waals surface area (Å²) in [5.41, 5.74) is 0.150. The highest BCUT2D eigenvalue weighted by Gasteiger charge is 2.24. The molecule has 1 heterocycles. The number of aromatic nitrogens is 2. The van der Waals surface area contributed by atoms with Gasteiger partial charge in [0.25, 0.3) is 0 Å². The van der Waals surface area contributed by atoms with Gasteiger partial charge in [0.2, 0.25) is 11.8 Å². The van der Waals surface area contributed by atoms with E-state index in [4.69, 9.17) is 4.42 Å². The topological polar surface area (TPSA) is 51.0 Å². The molecule has 16 heavy (non-hydrogen) atoms. The van der Waals surface area contributed by atoms with Crippen LogP contribution in [0.5, 0.6) is 0 Å². The second kappa shape index (κ2) is 4.53. The first kappa shape index (κ1) is 11.6. The number of nitrogens with one attached hydrogen (secondary N) is 1. The maximum Gasteiger partial charge on any atom is 0.219 e. The smallest absolute Gasteiger partial charge is 0.219 e. The van der Waals surface area contributed by atoms with E-state index in [1.165, 1.54) is 19.3 Å². The Hall–Kier alpha value is -0.900. The molecule has 4 nitrogen and oxygen atoms in total. The van der Waals surface area contributed by atoms with Crippen LogP contribution in [0.3, 0.4) is 0 Å². The Kier molecular flexibility index (Phi) is 3.28. The van der Waals surface area contributed by atoms with Crippen molar-refractivity contribution in [3.05, 3.63) is 11.8 Å². The Balaban J connectivity index is 1.79. The van der Waals surface area contributed by atoms with Crippen LogP contribution in [0.1, 0.15) is 57.7 Å². The van der Waals surface area contributed by atoms with Crippen LogP contribution >= 0.6 is 0 Å². The van der Waals surface area contributed by atoms with E-state index in [2.05, 4.69) is 36.3 Å². The lowest BCUT2D eigenvalue weighted by Crippen LogP contribution is -2.37. The summed E-state index contributed by atoms with van der Waals surface area (Å²) in [7, 11) is 0. The van der Waals surface area contributed by atoms with Gasteiger partial charge in [-0.05, 0) is 33.6 Å². The van der Waals surface area contributed by atoms with E-state index in [9.17, 15) is 0 Å². The molecule has 1 fully saturated rings. The predicted molar refractivity (Wildman–Crippen MR) is 62.3 cm³/mol. The van der Waals surface area contributed by atoms with Crippen molar-refractivity contribution < 1.29 is 4.42 Å². The molecular weight excluding hydrogens is 202 g/mol. The zero-order valence-electron chi connectivity index (χ0n) is 10.4. The highest BCUT2D eigenvalue weighted by molar-refractivity contribution is 4.96. The summed E-state index contributed by atoms with van der Waals surface area (Å²) in [6, 6.07) is 0. The van der Waals surface area contributed by atoms with Gasteiger partial charge in [-0.3, -0.25) is 0 Å². The standard InChI is InChI=1S/C12H21N3O/c1-12(2,3)13-8-7-10-14-15-11(16-10)9-5-4-6-9/h9,13H,4-8H2,1-3H3. The third-order valence-electron chi connectivity index (χ3n) is 2.93. The average Bonchev–Trinajstić information content (AvgIpc) is 2.47. The predicted octanol–water partition coefficient (Wildman–Crippen LogP) is 2.27. The molecule has 1 aliphatic carbocycles. The fourth-order valence-electron chi connectivity index (χ4n) is 1.73. The summed E-state index contributed by atoms with van der Waals surface area (Å²) in [4.78, 5) is 0. The summed E-state index contributed by atoms with van der Waals surface area (Å²) < 4.78 is 5.64. The minimum atomic E-state index is 0.150. The monoisotopic (exact) mass is 223 g/mol. The maximum absolute atomic E-state index is 5.64. The van der Waals surface area contributed by atoms with Gasteiger partial charge in [0, 0.05) is 24.4 Å². The SMILES string of the molecule is CC(C)(C)NCCc1nnc(C2CCC2)o1. The number of hydrogen-bond acceptors (Lipinski definition) is 4. The van der Waals surface area contributed by atoms with Gasteiger partial charge in [-0.25, -0.2) is 0 Å². The van der Waals surface area contributed by atoms with Crippen molar-refractivity contribution in [1.29, 1.82) is 0 Å². The summed E-state index contributed by atoms with van der Waals surface area (Å²) in [6.45, 7) is 7.34. The van der Waals surface area contributed by atoms with E-state index in [1.807, 2.05) is 0 Å². The van der Waals surface area contributed by atoms with Crippen molar-refractivity contribution in [3.8, 4) is 0 Å². The zero-order chi connectivity index (χ0) is 11.6. The van der Waals surface area contributed by atoms with Crippen molar-refractivity contribution >= 4 is 0 Å². The number of hydrogen-bond donors (Lipinski definition) is 1. The van der Waals surface area contributed by atoms with Gasteiger partial charge in [-0.1, -0.05) is 6.42 Å². The summed E-state index contributed by atoms with van der Waals surface area (Å²) in [5, 5.41) is 11.6. The second-order valence-corrected chi connectivity index (χ2v) is 5.59. The molecule has 1 N–H and O–H groups in total. The molecule has 0 saturated heterocycles. The molecule has 0 aromatic carbocycles. The molecule has 1 aromatic heterocycles.